The van der Waals surface area contributed by atoms with Gasteiger partial charge in [-0.25, -0.2) is 0 Å². The molecular formula is C8H17NO4. The van der Waals surface area contributed by atoms with Crippen molar-refractivity contribution in [3.63, 3.8) is 0 Å². The standard InChI is InChI=1S/C8H17NO4/c1-2-5(11)6-8(13)7(12)4(3-10)9-6/h4-13H,2-3H2,1H3/t4-,5?,6-,7-,8-/m1/s1. The van der Waals surface area contributed by atoms with Crippen LogP contribution in [0.25, 0.3) is 0 Å². The zero-order valence-electron chi connectivity index (χ0n) is 7.59. The Kier molecular flexibility index (Phi) is 3.63. The quantitative estimate of drug-likeness (QED) is 0.349. The van der Waals surface area contributed by atoms with Gasteiger partial charge in [0, 0.05) is 0 Å². The number of hydrogen-bond acceptors (Lipinski definition) is 5. The van der Waals surface area contributed by atoms with E-state index in [-0.39, 0.29) is 6.61 Å². The van der Waals surface area contributed by atoms with Gasteiger partial charge in [0.25, 0.3) is 0 Å². The summed E-state index contributed by atoms with van der Waals surface area (Å²) in [6, 6.07) is -1.08. The predicted octanol–water partition coefficient (Wildman–Crippen LogP) is -2.19. The predicted molar refractivity (Wildman–Crippen MR) is 46.1 cm³/mol. The smallest absolute Gasteiger partial charge is 0.0993 e. The van der Waals surface area contributed by atoms with Gasteiger partial charge >= 0.3 is 0 Å². The van der Waals surface area contributed by atoms with Crippen LogP contribution in [0.3, 0.4) is 0 Å². The van der Waals surface area contributed by atoms with Gasteiger partial charge in [-0.15, -0.1) is 0 Å². The van der Waals surface area contributed by atoms with Gasteiger partial charge in [0.1, 0.15) is 0 Å². The molecule has 5 heteroatoms. The van der Waals surface area contributed by atoms with E-state index in [1.54, 1.807) is 6.92 Å². The molecule has 0 aromatic rings. The molecule has 1 heterocycles. The maximum Gasteiger partial charge on any atom is 0.0993 e. The molecule has 5 nitrogen and oxygen atoms in total. The second-order valence-corrected chi connectivity index (χ2v) is 3.44. The van der Waals surface area contributed by atoms with Gasteiger partial charge in [0.15, 0.2) is 0 Å². The van der Waals surface area contributed by atoms with E-state index in [0.29, 0.717) is 6.42 Å². The molecule has 5 atom stereocenters. The summed E-state index contributed by atoms with van der Waals surface area (Å²) in [5.41, 5.74) is 0. The maximum absolute atomic E-state index is 9.48. The fourth-order valence-corrected chi connectivity index (χ4v) is 1.65. The van der Waals surface area contributed by atoms with E-state index in [1.807, 2.05) is 0 Å². The third-order valence-corrected chi connectivity index (χ3v) is 2.57. The number of hydrogen-bond donors (Lipinski definition) is 5. The molecule has 0 amide bonds. The van der Waals surface area contributed by atoms with E-state index < -0.39 is 30.4 Å². The molecule has 1 unspecified atom stereocenters. The molecule has 0 spiro atoms. The molecule has 78 valence electrons. The van der Waals surface area contributed by atoms with Gasteiger partial charge in [-0.05, 0) is 6.42 Å². The fraction of sp³-hybridized carbons (Fsp3) is 1.00. The highest BCUT2D eigenvalue weighted by Crippen LogP contribution is 2.18. The van der Waals surface area contributed by atoms with Gasteiger partial charge in [-0.3, -0.25) is 0 Å². The minimum absolute atomic E-state index is 0.245. The third-order valence-electron chi connectivity index (χ3n) is 2.57. The summed E-state index contributed by atoms with van der Waals surface area (Å²) in [7, 11) is 0. The van der Waals surface area contributed by atoms with Crippen LogP contribution >= 0.6 is 0 Å². The van der Waals surface area contributed by atoms with E-state index in [4.69, 9.17) is 5.11 Å². The minimum Gasteiger partial charge on any atom is -0.395 e. The first-order valence-corrected chi connectivity index (χ1v) is 4.53. The average molecular weight is 191 g/mol. The Morgan fingerprint density at radius 3 is 2.31 bits per heavy atom. The largest absolute Gasteiger partial charge is 0.395 e. The van der Waals surface area contributed by atoms with Crippen molar-refractivity contribution in [2.75, 3.05) is 6.61 Å². The Hall–Kier alpha value is -0.200. The van der Waals surface area contributed by atoms with Crippen LogP contribution in [0.2, 0.25) is 0 Å². The third kappa shape index (κ3) is 2.00. The molecule has 0 aliphatic carbocycles. The molecule has 1 rings (SSSR count). The van der Waals surface area contributed by atoms with Crippen LogP contribution in [0.4, 0.5) is 0 Å². The molecule has 1 fully saturated rings. The number of aliphatic hydroxyl groups is 4. The topological polar surface area (TPSA) is 93.0 Å². The Bertz CT molecular complexity index is 166. The molecule has 13 heavy (non-hydrogen) atoms. The fourth-order valence-electron chi connectivity index (χ4n) is 1.65. The molecule has 0 saturated carbocycles. The highest BCUT2D eigenvalue weighted by Gasteiger charge is 2.43. The van der Waals surface area contributed by atoms with Crippen molar-refractivity contribution in [2.24, 2.45) is 0 Å². The van der Waals surface area contributed by atoms with Crippen LogP contribution in [-0.4, -0.2) is 57.4 Å². The minimum atomic E-state index is -1.01. The Morgan fingerprint density at radius 1 is 1.31 bits per heavy atom. The zero-order chi connectivity index (χ0) is 10.0. The van der Waals surface area contributed by atoms with Gasteiger partial charge in [0.05, 0.1) is 37.0 Å². The Balaban J connectivity index is 2.60. The average Bonchev–Trinajstić information content (AvgIpc) is 2.43. The second kappa shape index (κ2) is 4.34. The molecule has 0 bridgehead atoms. The molecule has 0 aromatic carbocycles. The highest BCUT2D eigenvalue weighted by molar-refractivity contribution is 5.00. The molecule has 5 N–H and O–H groups in total. The SMILES string of the molecule is CCC(O)[C@H]1N[C@H](CO)[C@@H](O)[C@@H]1O. The number of rotatable bonds is 3. The first kappa shape index (κ1) is 10.9. The summed E-state index contributed by atoms with van der Waals surface area (Å²) in [5.74, 6) is 0. The normalized spacial score (nSPS) is 42.2. The lowest BCUT2D eigenvalue weighted by atomic mass is 10.0. The summed E-state index contributed by atoms with van der Waals surface area (Å²) in [4.78, 5) is 0. The van der Waals surface area contributed by atoms with Crippen LogP contribution in [0.15, 0.2) is 0 Å². The monoisotopic (exact) mass is 191 g/mol. The Labute approximate surface area is 77.0 Å². The van der Waals surface area contributed by atoms with Gasteiger partial charge < -0.3 is 25.7 Å². The summed E-state index contributed by atoms with van der Waals surface area (Å²) in [6.45, 7) is 1.54. The van der Waals surface area contributed by atoms with Gasteiger partial charge in [0.2, 0.25) is 0 Å². The Morgan fingerprint density at radius 2 is 1.92 bits per heavy atom. The van der Waals surface area contributed by atoms with E-state index >= 15 is 0 Å². The van der Waals surface area contributed by atoms with E-state index in [9.17, 15) is 15.3 Å². The summed E-state index contributed by atoms with van der Waals surface area (Å²) >= 11 is 0. The van der Waals surface area contributed by atoms with Crippen LogP contribution in [0.5, 0.6) is 0 Å². The van der Waals surface area contributed by atoms with Gasteiger partial charge in [-0.1, -0.05) is 6.92 Å². The van der Waals surface area contributed by atoms with E-state index in [2.05, 4.69) is 5.32 Å². The first-order valence-electron chi connectivity index (χ1n) is 4.53. The molecule has 0 aromatic heterocycles. The zero-order valence-corrected chi connectivity index (χ0v) is 7.59. The van der Waals surface area contributed by atoms with Crippen molar-refractivity contribution < 1.29 is 20.4 Å². The molecular weight excluding hydrogens is 174 g/mol. The lowest BCUT2D eigenvalue weighted by Gasteiger charge is -2.20. The lowest BCUT2D eigenvalue weighted by molar-refractivity contribution is -0.00306. The first-order chi connectivity index (χ1) is 6.11. The van der Waals surface area contributed by atoms with Crippen molar-refractivity contribution in [1.82, 2.24) is 5.32 Å². The number of nitrogens with one attached hydrogen (secondary N) is 1. The maximum atomic E-state index is 9.48. The summed E-state index contributed by atoms with van der Waals surface area (Å²) < 4.78 is 0. The van der Waals surface area contributed by atoms with Crippen molar-refractivity contribution in [1.29, 1.82) is 0 Å². The van der Waals surface area contributed by atoms with Crippen molar-refractivity contribution in [2.45, 2.75) is 43.7 Å². The van der Waals surface area contributed by atoms with Crippen LogP contribution in [0, 0.1) is 0 Å². The van der Waals surface area contributed by atoms with E-state index in [1.165, 1.54) is 0 Å². The molecule has 1 aliphatic rings. The molecule has 1 saturated heterocycles. The number of aliphatic hydroxyl groups excluding tert-OH is 4. The molecule has 1 aliphatic heterocycles. The van der Waals surface area contributed by atoms with Crippen LogP contribution in [-0.2, 0) is 0 Å². The summed E-state index contributed by atoms with van der Waals surface area (Å²) in [6.07, 6.45) is -2.20. The summed E-state index contributed by atoms with van der Waals surface area (Å²) in [5, 5.41) is 39.9. The lowest BCUT2D eigenvalue weighted by Crippen LogP contribution is -2.43. The van der Waals surface area contributed by atoms with Crippen LogP contribution in [0.1, 0.15) is 13.3 Å². The van der Waals surface area contributed by atoms with Crippen molar-refractivity contribution >= 4 is 0 Å². The second-order valence-electron chi connectivity index (χ2n) is 3.44. The van der Waals surface area contributed by atoms with Crippen molar-refractivity contribution in [3.8, 4) is 0 Å². The van der Waals surface area contributed by atoms with Crippen LogP contribution < -0.4 is 5.32 Å². The van der Waals surface area contributed by atoms with E-state index in [0.717, 1.165) is 0 Å². The van der Waals surface area contributed by atoms with Gasteiger partial charge in [-0.2, -0.15) is 0 Å². The van der Waals surface area contributed by atoms with Crippen molar-refractivity contribution in [3.05, 3.63) is 0 Å². The molecule has 0 radical (unpaired) electrons. The highest BCUT2D eigenvalue weighted by atomic mass is 16.3.